The highest BCUT2D eigenvalue weighted by Crippen LogP contribution is 2.22. The van der Waals surface area contributed by atoms with Crippen molar-refractivity contribution < 1.29 is 9.59 Å². The van der Waals surface area contributed by atoms with E-state index in [0.717, 1.165) is 18.5 Å². The van der Waals surface area contributed by atoms with Gasteiger partial charge in [-0.3, -0.25) is 9.59 Å². The normalized spacial score (nSPS) is 17.6. The van der Waals surface area contributed by atoms with Gasteiger partial charge in [0.05, 0.1) is 17.5 Å². The van der Waals surface area contributed by atoms with Crippen molar-refractivity contribution in [1.29, 1.82) is 0 Å². The van der Waals surface area contributed by atoms with Crippen LogP contribution in [0, 0.1) is 6.92 Å². The molecule has 1 fully saturated rings. The number of amides is 2. The van der Waals surface area contributed by atoms with E-state index in [9.17, 15) is 9.59 Å². The Labute approximate surface area is 140 Å². The van der Waals surface area contributed by atoms with E-state index >= 15 is 0 Å². The molecule has 1 aliphatic rings. The molecule has 2 aromatic heterocycles. The van der Waals surface area contributed by atoms with Crippen molar-refractivity contribution in [2.24, 2.45) is 0 Å². The number of hydrogen-bond donors (Lipinski definition) is 1. The molecule has 7 heteroatoms. The lowest BCUT2D eigenvalue weighted by Gasteiger charge is -2.34. The molecule has 0 spiro atoms. The molecule has 0 aromatic carbocycles. The van der Waals surface area contributed by atoms with Crippen LogP contribution >= 0.6 is 0 Å². The predicted molar refractivity (Wildman–Crippen MR) is 88.8 cm³/mol. The van der Waals surface area contributed by atoms with E-state index in [-0.39, 0.29) is 11.8 Å². The second-order valence-corrected chi connectivity index (χ2v) is 5.87. The fourth-order valence-electron chi connectivity index (χ4n) is 3.10. The third kappa shape index (κ3) is 2.89. The lowest BCUT2D eigenvalue weighted by atomic mass is 10.00. The fourth-order valence-corrected chi connectivity index (χ4v) is 3.10. The number of aromatic nitrogens is 3. The Hall–Kier alpha value is -2.70. The summed E-state index contributed by atoms with van der Waals surface area (Å²) in [5, 5.41) is 6.95. The summed E-state index contributed by atoms with van der Waals surface area (Å²) in [6.07, 6.45) is 5.80. The fraction of sp³-hybridized carbons (Fsp3) is 0.412. The number of rotatable bonds is 3. The standard InChI is InChI=1S/C17H21N5O2/c1-12-13(11-20-22(12)15-8-3-5-9-19-15)17(24)21-10-6-4-7-14(21)16(23)18-2/h3,5,8-9,11,14H,4,6-7,10H2,1-2H3,(H,18,23)/t14-/m1/s1. The molecule has 0 radical (unpaired) electrons. The van der Waals surface area contributed by atoms with Gasteiger partial charge >= 0.3 is 0 Å². The van der Waals surface area contributed by atoms with Crippen molar-refractivity contribution >= 4 is 11.8 Å². The second kappa shape index (κ2) is 6.82. The summed E-state index contributed by atoms with van der Waals surface area (Å²) in [6, 6.07) is 5.13. The Morgan fingerprint density at radius 1 is 1.29 bits per heavy atom. The lowest BCUT2D eigenvalue weighted by molar-refractivity contribution is -0.126. The highest BCUT2D eigenvalue weighted by Gasteiger charge is 2.33. The quantitative estimate of drug-likeness (QED) is 0.922. The molecule has 1 N–H and O–H groups in total. The van der Waals surface area contributed by atoms with Crippen molar-refractivity contribution in [3.8, 4) is 5.82 Å². The lowest BCUT2D eigenvalue weighted by Crippen LogP contribution is -2.51. The predicted octanol–water partition coefficient (Wildman–Crippen LogP) is 1.32. The molecular formula is C17H21N5O2. The van der Waals surface area contributed by atoms with E-state index in [2.05, 4.69) is 15.4 Å². The molecule has 2 amide bonds. The molecule has 0 saturated carbocycles. The minimum Gasteiger partial charge on any atom is -0.357 e. The van der Waals surface area contributed by atoms with Crippen LogP contribution in [0.3, 0.4) is 0 Å². The summed E-state index contributed by atoms with van der Waals surface area (Å²) >= 11 is 0. The molecule has 1 atom stereocenters. The van der Waals surface area contributed by atoms with Crippen LogP contribution in [0.2, 0.25) is 0 Å². The van der Waals surface area contributed by atoms with Crippen molar-refractivity contribution in [3.05, 3.63) is 41.9 Å². The maximum atomic E-state index is 13.0. The van der Waals surface area contributed by atoms with Crippen LogP contribution in [0.5, 0.6) is 0 Å². The van der Waals surface area contributed by atoms with Crippen LogP contribution in [0.1, 0.15) is 35.3 Å². The van der Waals surface area contributed by atoms with Gasteiger partial charge in [0, 0.05) is 19.8 Å². The zero-order valence-electron chi connectivity index (χ0n) is 13.9. The first-order chi connectivity index (χ1) is 11.6. The number of carbonyl (C=O) groups is 2. The number of piperidine rings is 1. The molecule has 1 aliphatic heterocycles. The van der Waals surface area contributed by atoms with Gasteiger partial charge in [0.2, 0.25) is 5.91 Å². The summed E-state index contributed by atoms with van der Waals surface area (Å²) < 4.78 is 1.64. The van der Waals surface area contributed by atoms with E-state index in [1.807, 2.05) is 25.1 Å². The molecule has 0 aliphatic carbocycles. The summed E-state index contributed by atoms with van der Waals surface area (Å²) in [7, 11) is 1.60. The Kier molecular flexibility index (Phi) is 4.59. The van der Waals surface area contributed by atoms with Crippen LogP contribution in [-0.4, -0.2) is 51.1 Å². The first kappa shape index (κ1) is 16.2. The molecule has 3 heterocycles. The SMILES string of the molecule is CNC(=O)[C@H]1CCCCN1C(=O)c1cnn(-c2ccccn2)c1C. The number of nitrogens with zero attached hydrogens (tertiary/aromatic N) is 4. The highest BCUT2D eigenvalue weighted by atomic mass is 16.2. The number of likely N-dealkylation sites (tertiary alicyclic amines) is 1. The summed E-state index contributed by atoms with van der Waals surface area (Å²) in [5.74, 6) is 0.399. The number of pyridine rings is 1. The Morgan fingerprint density at radius 3 is 2.83 bits per heavy atom. The summed E-state index contributed by atoms with van der Waals surface area (Å²) in [5.41, 5.74) is 1.23. The molecule has 1 saturated heterocycles. The van der Waals surface area contributed by atoms with E-state index in [4.69, 9.17) is 0 Å². The van der Waals surface area contributed by atoms with E-state index < -0.39 is 6.04 Å². The molecule has 2 aromatic rings. The number of nitrogens with one attached hydrogen (secondary N) is 1. The Morgan fingerprint density at radius 2 is 2.12 bits per heavy atom. The minimum atomic E-state index is -0.408. The molecule has 3 rings (SSSR count). The van der Waals surface area contributed by atoms with Crippen molar-refractivity contribution in [2.75, 3.05) is 13.6 Å². The smallest absolute Gasteiger partial charge is 0.258 e. The van der Waals surface area contributed by atoms with E-state index in [1.54, 1.807) is 29.0 Å². The summed E-state index contributed by atoms with van der Waals surface area (Å²) in [6.45, 7) is 2.43. The van der Waals surface area contributed by atoms with Crippen LogP contribution in [0.25, 0.3) is 5.82 Å². The van der Waals surface area contributed by atoms with Crippen molar-refractivity contribution in [2.45, 2.75) is 32.2 Å². The highest BCUT2D eigenvalue weighted by molar-refractivity contribution is 5.98. The van der Waals surface area contributed by atoms with E-state index in [1.165, 1.54) is 0 Å². The zero-order chi connectivity index (χ0) is 17.1. The van der Waals surface area contributed by atoms with Crippen molar-refractivity contribution in [1.82, 2.24) is 25.0 Å². The first-order valence-corrected chi connectivity index (χ1v) is 8.12. The van der Waals surface area contributed by atoms with Gasteiger partial charge in [-0.2, -0.15) is 5.10 Å². The topological polar surface area (TPSA) is 80.1 Å². The third-order valence-corrected chi connectivity index (χ3v) is 4.42. The van der Waals surface area contributed by atoms with Gasteiger partial charge in [-0.15, -0.1) is 0 Å². The molecule has 126 valence electrons. The molecule has 7 nitrogen and oxygen atoms in total. The molecular weight excluding hydrogens is 306 g/mol. The van der Waals surface area contributed by atoms with Gasteiger partial charge in [0.1, 0.15) is 6.04 Å². The average Bonchev–Trinajstić information content (AvgIpc) is 3.02. The van der Waals surface area contributed by atoms with Gasteiger partial charge in [-0.25, -0.2) is 9.67 Å². The molecule has 24 heavy (non-hydrogen) atoms. The van der Waals surface area contributed by atoms with Crippen molar-refractivity contribution in [3.63, 3.8) is 0 Å². The van der Waals surface area contributed by atoms with Gasteiger partial charge < -0.3 is 10.2 Å². The summed E-state index contributed by atoms with van der Waals surface area (Å²) in [4.78, 5) is 31.0. The third-order valence-electron chi connectivity index (χ3n) is 4.42. The maximum Gasteiger partial charge on any atom is 0.258 e. The zero-order valence-corrected chi connectivity index (χ0v) is 13.9. The van der Waals surface area contributed by atoms with Gasteiger partial charge in [0.15, 0.2) is 5.82 Å². The first-order valence-electron chi connectivity index (χ1n) is 8.12. The maximum absolute atomic E-state index is 13.0. The Bertz CT molecular complexity index is 741. The van der Waals surface area contributed by atoms with Crippen LogP contribution in [0.15, 0.2) is 30.6 Å². The Balaban J connectivity index is 1.90. The van der Waals surface area contributed by atoms with Crippen LogP contribution in [0.4, 0.5) is 0 Å². The van der Waals surface area contributed by atoms with Gasteiger partial charge in [-0.05, 0) is 38.3 Å². The molecule has 0 bridgehead atoms. The average molecular weight is 327 g/mol. The van der Waals surface area contributed by atoms with E-state index in [0.29, 0.717) is 24.3 Å². The second-order valence-electron chi connectivity index (χ2n) is 5.87. The minimum absolute atomic E-state index is 0.113. The number of carbonyl (C=O) groups excluding carboxylic acids is 2. The largest absolute Gasteiger partial charge is 0.357 e. The number of hydrogen-bond acceptors (Lipinski definition) is 4. The van der Waals surface area contributed by atoms with Crippen LogP contribution in [-0.2, 0) is 4.79 Å². The number of likely N-dealkylation sites (N-methyl/N-ethyl adjacent to an activating group) is 1. The van der Waals surface area contributed by atoms with Gasteiger partial charge in [-0.1, -0.05) is 6.07 Å². The molecule has 0 unspecified atom stereocenters. The monoisotopic (exact) mass is 327 g/mol. The van der Waals surface area contributed by atoms with Crippen LogP contribution < -0.4 is 5.32 Å². The van der Waals surface area contributed by atoms with Gasteiger partial charge in [0.25, 0.3) is 5.91 Å².